The Kier molecular flexibility index (Phi) is 4.20. The van der Waals surface area contributed by atoms with E-state index in [4.69, 9.17) is 22.8 Å². The standard InChI is InChI=1S/C14H15ClO2/c1-5-10-7-6-8-11(13(10)15)17-12(16)9-14(2,3)4/h1,6-8H,9H2,2-4H3. The number of hydrogen-bond acceptors (Lipinski definition) is 2. The maximum absolute atomic E-state index is 11.6. The Labute approximate surface area is 107 Å². The van der Waals surface area contributed by atoms with Crippen LogP contribution in [0.5, 0.6) is 5.75 Å². The van der Waals surface area contributed by atoms with E-state index in [1.54, 1.807) is 18.2 Å². The van der Waals surface area contributed by atoms with Crippen molar-refractivity contribution in [1.29, 1.82) is 0 Å². The van der Waals surface area contributed by atoms with Gasteiger partial charge in [0.15, 0.2) is 5.75 Å². The zero-order chi connectivity index (χ0) is 13.1. The van der Waals surface area contributed by atoms with E-state index in [-0.39, 0.29) is 11.4 Å². The molecule has 0 unspecified atom stereocenters. The number of ether oxygens (including phenoxy) is 1. The van der Waals surface area contributed by atoms with E-state index < -0.39 is 0 Å². The van der Waals surface area contributed by atoms with Crippen LogP contribution in [0.1, 0.15) is 32.8 Å². The van der Waals surface area contributed by atoms with Crippen LogP contribution in [0.2, 0.25) is 5.02 Å². The molecule has 0 heterocycles. The molecule has 0 aliphatic heterocycles. The molecule has 0 aliphatic rings. The van der Waals surface area contributed by atoms with Crippen molar-refractivity contribution < 1.29 is 9.53 Å². The fourth-order valence-corrected chi connectivity index (χ4v) is 1.51. The number of terminal acetylenes is 1. The van der Waals surface area contributed by atoms with Gasteiger partial charge in [-0.2, -0.15) is 0 Å². The van der Waals surface area contributed by atoms with Gasteiger partial charge in [0, 0.05) is 5.56 Å². The van der Waals surface area contributed by atoms with Gasteiger partial charge >= 0.3 is 5.97 Å². The minimum atomic E-state index is -0.312. The van der Waals surface area contributed by atoms with Gasteiger partial charge in [0.1, 0.15) is 0 Å². The molecule has 1 aromatic rings. The molecule has 2 nitrogen and oxygen atoms in total. The summed E-state index contributed by atoms with van der Waals surface area (Å²) < 4.78 is 5.20. The van der Waals surface area contributed by atoms with Crippen LogP contribution in [0.4, 0.5) is 0 Å². The van der Waals surface area contributed by atoms with Gasteiger partial charge in [-0.1, -0.05) is 44.4 Å². The molecule has 0 radical (unpaired) electrons. The molecule has 90 valence electrons. The van der Waals surface area contributed by atoms with Gasteiger partial charge in [0.05, 0.1) is 11.4 Å². The third-order valence-electron chi connectivity index (χ3n) is 2.02. The summed E-state index contributed by atoms with van der Waals surface area (Å²) in [4.78, 5) is 11.6. The Hall–Kier alpha value is -1.46. The molecule has 0 N–H and O–H groups in total. The van der Waals surface area contributed by atoms with Gasteiger partial charge in [-0.05, 0) is 17.5 Å². The fourth-order valence-electron chi connectivity index (χ4n) is 1.29. The van der Waals surface area contributed by atoms with Crippen molar-refractivity contribution in [3.63, 3.8) is 0 Å². The molecule has 17 heavy (non-hydrogen) atoms. The smallest absolute Gasteiger partial charge is 0.311 e. The van der Waals surface area contributed by atoms with Gasteiger partial charge in [-0.3, -0.25) is 4.79 Å². The van der Waals surface area contributed by atoms with Gasteiger partial charge in [-0.15, -0.1) is 6.42 Å². The van der Waals surface area contributed by atoms with Crippen molar-refractivity contribution in [3.05, 3.63) is 28.8 Å². The van der Waals surface area contributed by atoms with Crippen molar-refractivity contribution in [2.75, 3.05) is 0 Å². The maximum Gasteiger partial charge on any atom is 0.311 e. The number of hydrogen-bond donors (Lipinski definition) is 0. The number of carbonyl (C=O) groups is 1. The molecule has 0 amide bonds. The van der Waals surface area contributed by atoms with E-state index in [2.05, 4.69) is 5.92 Å². The first-order valence-corrected chi connectivity index (χ1v) is 5.67. The average molecular weight is 251 g/mol. The second-order valence-electron chi connectivity index (χ2n) is 4.97. The number of carbonyl (C=O) groups excluding carboxylic acids is 1. The first-order chi connectivity index (χ1) is 7.83. The topological polar surface area (TPSA) is 26.3 Å². The third kappa shape index (κ3) is 4.13. The number of esters is 1. The molecular weight excluding hydrogens is 236 g/mol. The van der Waals surface area contributed by atoms with E-state index >= 15 is 0 Å². The summed E-state index contributed by atoms with van der Waals surface area (Å²) in [5.74, 6) is 2.44. The van der Waals surface area contributed by atoms with E-state index in [0.717, 1.165) is 0 Å². The lowest BCUT2D eigenvalue weighted by Crippen LogP contribution is -2.17. The Morgan fingerprint density at radius 1 is 1.47 bits per heavy atom. The minimum Gasteiger partial charge on any atom is -0.425 e. The number of benzene rings is 1. The Bertz CT molecular complexity index is 464. The van der Waals surface area contributed by atoms with Gasteiger partial charge in [-0.25, -0.2) is 0 Å². The Morgan fingerprint density at radius 3 is 2.65 bits per heavy atom. The molecular formula is C14H15ClO2. The normalized spacial score (nSPS) is 10.8. The van der Waals surface area contributed by atoms with Crippen LogP contribution in [0.25, 0.3) is 0 Å². The van der Waals surface area contributed by atoms with Crippen molar-refractivity contribution >= 4 is 17.6 Å². The van der Waals surface area contributed by atoms with Crippen LogP contribution in [0, 0.1) is 17.8 Å². The zero-order valence-electron chi connectivity index (χ0n) is 10.2. The number of halogens is 1. The Balaban J connectivity index is 2.83. The summed E-state index contributed by atoms with van der Waals surface area (Å²) >= 11 is 6.00. The van der Waals surface area contributed by atoms with Crippen LogP contribution in [-0.2, 0) is 4.79 Å². The SMILES string of the molecule is C#Cc1cccc(OC(=O)CC(C)(C)C)c1Cl. The van der Waals surface area contributed by atoms with E-state index in [0.29, 0.717) is 22.8 Å². The molecule has 0 saturated heterocycles. The van der Waals surface area contributed by atoms with E-state index in [1.807, 2.05) is 20.8 Å². The van der Waals surface area contributed by atoms with Crippen LogP contribution < -0.4 is 4.74 Å². The molecule has 1 rings (SSSR count). The highest BCUT2D eigenvalue weighted by Crippen LogP contribution is 2.29. The zero-order valence-corrected chi connectivity index (χ0v) is 11.0. The Morgan fingerprint density at radius 2 is 2.12 bits per heavy atom. The maximum atomic E-state index is 11.6. The van der Waals surface area contributed by atoms with Crippen LogP contribution in [-0.4, -0.2) is 5.97 Å². The first kappa shape index (κ1) is 13.6. The van der Waals surface area contributed by atoms with Gasteiger partial charge in [0.25, 0.3) is 0 Å². The number of rotatable bonds is 2. The highest BCUT2D eigenvalue weighted by Gasteiger charge is 2.18. The molecule has 0 spiro atoms. The monoisotopic (exact) mass is 250 g/mol. The first-order valence-electron chi connectivity index (χ1n) is 5.29. The van der Waals surface area contributed by atoms with E-state index in [1.165, 1.54) is 0 Å². The largest absolute Gasteiger partial charge is 0.425 e. The van der Waals surface area contributed by atoms with Crippen LogP contribution in [0.15, 0.2) is 18.2 Å². The average Bonchev–Trinajstić information content (AvgIpc) is 2.18. The van der Waals surface area contributed by atoms with Crippen molar-refractivity contribution in [2.24, 2.45) is 5.41 Å². The van der Waals surface area contributed by atoms with Crippen molar-refractivity contribution in [2.45, 2.75) is 27.2 Å². The molecule has 3 heteroatoms. The molecule has 0 aromatic heterocycles. The molecule has 0 aliphatic carbocycles. The summed E-state index contributed by atoms with van der Waals surface area (Å²) in [6, 6.07) is 5.04. The lowest BCUT2D eigenvalue weighted by molar-refractivity contribution is -0.136. The molecule has 0 saturated carbocycles. The van der Waals surface area contributed by atoms with Gasteiger partial charge in [0.2, 0.25) is 0 Å². The second kappa shape index (κ2) is 5.25. The van der Waals surface area contributed by atoms with Crippen molar-refractivity contribution in [3.8, 4) is 18.1 Å². The third-order valence-corrected chi connectivity index (χ3v) is 2.41. The summed E-state index contributed by atoms with van der Waals surface area (Å²) in [6.45, 7) is 5.90. The van der Waals surface area contributed by atoms with Gasteiger partial charge < -0.3 is 4.74 Å². The highest BCUT2D eigenvalue weighted by molar-refractivity contribution is 6.33. The molecule has 1 aromatic carbocycles. The fraction of sp³-hybridized carbons (Fsp3) is 0.357. The summed E-state index contributed by atoms with van der Waals surface area (Å²) in [6.07, 6.45) is 5.60. The summed E-state index contributed by atoms with van der Waals surface area (Å²) in [7, 11) is 0. The summed E-state index contributed by atoms with van der Waals surface area (Å²) in [5, 5.41) is 0.303. The van der Waals surface area contributed by atoms with Crippen LogP contribution in [0.3, 0.4) is 0 Å². The van der Waals surface area contributed by atoms with E-state index in [9.17, 15) is 4.79 Å². The van der Waals surface area contributed by atoms with Crippen molar-refractivity contribution in [1.82, 2.24) is 0 Å². The predicted molar refractivity (Wildman–Crippen MR) is 69.1 cm³/mol. The quantitative estimate of drug-likeness (QED) is 0.455. The minimum absolute atomic E-state index is 0.118. The van der Waals surface area contributed by atoms with Crippen LogP contribution >= 0.6 is 11.6 Å². The lowest BCUT2D eigenvalue weighted by Gasteiger charge is -2.16. The molecule has 0 fully saturated rings. The highest BCUT2D eigenvalue weighted by atomic mass is 35.5. The lowest BCUT2D eigenvalue weighted by atomic mass is 9.92. The predicted octanol–water partition coefficient (Wildman–Crippen LogP) is 3.66. The second-order valence-corrected chi connectivity index (χ2v) is 5.35. The molecule has 0 bridgehead atoms. The summed E-state index contributed by atoms with van der Waals surface area (Å²) in [5.41, 5.74) is 0.403. The molecule has 0 atom stereocenters.